The van der Waals surface area contributed by atoms with E-state index in [0.717, 1.165) is 6.42 Å². The number of hydrogen-bond donors (Lipinski definition) is 1. The molecule has 0 saturated heterocycles. The predicted molar refractivity (Wildman–Crippen MR) is 66.0 cm³/mol. The first-order chi connectivity index (χ1) is 7.75. The fourth-order valence-electron chi connectivity index (χ4n) is 1.79. The summed E-state index contributed by atoms with van der Waals surface area (Å²) in [5.41, 5.74) is 9.78. The average Bonchev–Trinajstić information content (AvgIpc) is 2.30. The van der Waals surface area contributed by atoms with Gasteiger partial charge in [0.25, 0.3) is 0 Å². The molecular formula is C14H16N2. The van der Waals surface area contributed by atoms with E-state index < -0.39 is 0 Å². The molecule has 82 valence electrons. The summed E-state index contributed by atoms with van der Waals surface area (Å²) in [6.07, 6.45) is 4.48. The van der Waals surface area contributed by atoms with Crippen molar-refractivity contribution in [3.8, 4) is 0 Å². The van der Waals surface area contributed by atoms with E-state index in [1.54, 1.807) is 6.20 Å². The van der Waals surface area contributed by atoms with Gasteiger partial charge in [0.1, 0.15) is 0 Å². The Bertz CT molecular complexity index is 451. The largest absolute Gasteiger partial charge is 0.324 e. The van der Waals surface area contributed by atoms with Gasteiger partial charge in [-0.2, -0.15) is 0 Å². The van der Waals surface area contributed by atoms with Crippen LogP contribution in [0.3, 0.4) is 0 Å². The standard InChI is InChI=1S/C14H16N2/c1-11-4-2-6-13(8-11)14(15)9-12-5-3-7-16-10-12/h2-8,10,14H,9,15H2,1H3/t14-/m1/s1. The molecule has 0 unspecified atom stereocenters. The number of hydrogen-bond acceptors (Lipinski definition) is 2. The zero-order valence-corrected chi connectivity index (χ0v) is 9.43. The van der Waals surface area contributed by atoms with E-state index in [1.807, 2.05) is 18.3 Å². The quantitative estimate of drug-likeness (QED) is 0.849. The van der Waals surface area contributed by atoms with Crippen molar-refractivity contribution in [2.75, 3.05) is 0 Å². The second kappa shape index (κ2) is 4.90. The van der Waals surface area contributed by atoms with Gasteiger partial charge in [-0.05, 0) is 30.5 Å². The summed E-state index contributed by atoms with van der Waals surface area (Å²) in [6, 6.07) is 12.4. The van der Waals surface area contributed by atoms with E-state index in [1.165, 1.54) is 16.7 Å². The molecule has 0 aliphatic carbocycles. The average molecular weight is 212 g/mol. The summed E-state index contributed by atoms with van der Waals surface area (Å²) in [5.74, 6) is 0. The lowest BCUT2D eigenvalue weighted by Gasteiger charge is -2.12. The summed E-state index contributed by atoms with van der Waals surface area (Å²) in [5, 5.41) is 0. The van der Waals surface area contributed by atoms with E-state index >= 15 is 0 Å². The van der Waals surface area contributed by atoms with Gasteiger partial charge in [-0.3, -0.25) is 4.98 Å². The molecule has 2 heteroatoms. The Labute approximate surface area is 96.1 Å². The van der Waals surface area contributed by atoms with Crippen molar-refractivity contribution >= 4 is 0 Å². The van der Waals surface area contributed by atoms with E-state index in [0.29, 0.717) is 0 Å². The molecule has 2 rings (SSSR count). The lowest BCUT2D eigenvalue weighted by atomic mass is 9.99. The molecule has 0 saturated carbocycles. The van der Waals surface area contributed by atoms with Gasteiger partial charge in [0, 0.05) is 18.4 Å². The fourth-order valence-corrected chi connectivity index (χ4v) is 1.79. The Kier molecular flexibility index (Phi) is 3.32. The van der Waals surface area contributed by atoms with Crippen LogP contribution in [0.1, 0.15) is 22.7 Å². The molecule has 1 atom stereocenters. The van der Waals surface area contributed by atoms with Gasteiger partial charge < -0.3 is 5.73 Å². The number of aryl methyl sites for hydroxylation is 1. The highest BCUT2D eigenvalue weighted by Gasteiger charge is 2.06. The van der Waals surface area contributed by atoms with Gasteiger partial charge in [-0.1, -0.05) is 35.9 Å². The molecule has 0 spiro atoms. The number of rotatable bonds is 3. The molecule has 0 aliphatic heterocycles. The van der Waals surface area contributed by atoms with Gasteiger partial charge >= 0.3 is 0 Å². The van der Waals surface area contributed by atoms with Crippen LogP contribution < -0.4 is 5.73 Å². The summed E-state index contributed by atoms with van der Waals surface area (Å²) >= 11 is 0. The highest BCUT2D eigenvalue weighted by atomic mass is 14.6. The summed E-state index contributed by atoms with van der Waals surface area (Å²) in [6.45, 7) is 2.08. The van der Waals surface area contributed by atoms with Crippen LogP contribution in [0.2, 0.25) is 0 Å². The first-order valence-corrected chi connectivity index (χ1v) is 5.47. The maximum absolute atomic E-state index is 6.17. The smallest absolute Gasteiger partial charge is 0.0336 e. The summed E-state index contributed by atoms with van der Waals surface area (Å²) in [7, 11) is 0. The van der Waals surface area contributed by atoms with Crippen LogP contribution in [0, 0.1) is 6.92 Å². The van der Waals surface area contributed by atoms with Crippen molar-refractivity contribution < 1.29 is 0 Å². The highest BCUT2D eigenvalue weighted by molar-refractivity contribution is 5.26. The Balaban J connectivity index is 2.12. The number of aromatic nitrogens is 1. The Hall–Kier alpha value is -1.67. The minimum Gasteiger partial charge on any atom is -0.324 e. The SMILES string of the molecule is Cc1cccc([C@H](N)Cc2cccnc2)c1. The van der Waals surface area contributed by atoms with Gasteiger partial charge in [0.05, 0.1) is 0 Å². The first kappa shape index (κ1) is 10.8. The van der Waals surface area contributed by atoms with Gasteiger partial charge in [-0.15, -0.1) is 0 Å². The molecule has 16 heavy (non-hydrogen) atoms. The molecule has 1 heterocycles. The fraction of sp³-hybridized carbons (Fsp3) is 0.214. The zero-order valence-electron chi connectivity index (χ0n) is 9.43. The molecule has 0 bridgehead atoms. The van der Waals surface area contributed by atoms with E-state index in [2.05, 4.69) is 36.2 Å². The molecular weight excluding hydrogens is 196 g/mol. The van der Waals surface area contributed by atoms with Crippen molar-refractivity contribution in [1.82, 2.24) is 4.98 Å². The molecule has 0 aliphatic rings. The number of nitrogens with two attached hydrogens (primary N) is 1. The van der Waals surface area contributed by atoms with Crippen LogP contribution >= 0.6 is 0 Å². The van der Waals surface area contributed by atoms with E-state index in [9.17, 15) is 0 Å². The third-order valence-electron chi connectivity index (χ3n) is 2.65. The van der Waals surface area contributed by atoms with Crippen LogP contribution in [0.5, 0.6) is 0 Å². The van der Waals surface area contributed by atoms with Crippen LogP contribution in [0.25, 0.3) is 0 Å². The van der Waals surface area contributed by atoms with Gasteiger partial charge in [0.15, 0.2) is 0 Å². The molecule has 2 aromatic rings. The molecule has 1 aromatic heterocycles. The Morgan fingerprint density at radius 1 is 1.25 bits per heavy atom. The number of pyridine rings is 1. The lowest BCUT2D eigenvalue weighted by molar-refractivity contribution is 0.719. The summed E-state index contributed by atoms with van der Waals surface area (Å²) in [4.78, 5) is 4.09. The molecule has 0 radical (unpaired) electrons. The van der Waals surface area contributed by atoms with Crippen LogP contribution in [0.4, 0.5) is 0 Å². The first-order valence-electron chi connectivity index (χ1n) is 5.47. The highest BCUT2D eigenvalue weighted by Crippen LogP contribution is 2.16. The molecule has 1 aromatic carbocycles. The monoisotopic (exact) mass is 212 g/mol. The molecule has 2 nitrogen and oxygen atoms in total. The van der Waals surface area contributed by atoms with Crippen molar-refractivity contribution in [3.05, 3.63) is 65.5 Å². The predicted octanol–water partition coefficient (Wildman–Crippen LogP) is 2.63. The molecule has 2 N–H and O–H groups in total. The van der Waals surface area contributed by atoms with Crippen LogP contribution in [-0.2, 0) is 6.42 Å². The number of benzene rings is 1. The van der Waals surface area contributed by atoms with Crippen molar-refractivity contribution in [2.45, 2.75) is 19.4 Å². The normalized spacial score (nSPS) is 12.4. The second-order valence-corrected chi connectivity index (χ2v) is 4.09. The molecule has 0 fully saturated rings. The van der Waals surface area contributed by atoms with Crippen molar-refractivity contribution in [1.29, 1.82) is 0 Å². The third kappa shape index (κ3) is 2.67. The summed E-state index contributed by atoms with van der Waals surface area (Å²) < 4.78 is 0. The van der Waals surface area contributed by atoms with Gasteiger partial charge in [-0.25, -0.2) is 0 Å². The molecule has 0 amide bonds. The second-order valence-electron chi connectivity index (χ2n) is 4.09. The van der Waals surface area contributed by atoms with E-state index in [4.69, 9.17) is 5.73 Å². The van der Waals surface area contributed by atoms with Crippen LogP contribution in [0.15, 0.2) is 48.8 Å². The van der Waals surface area contributed by atoms with E-state index in [-0.39, 0.29) is 6.04 Å². The zero-order chi connectivity index (χ0) is 11.4. The third-order valence-corrected chi connectivity index (χ3v) is 2.65. The Morgan fingerprint density at radius 3 is 2.81 bits per heavy atom. The van der Waals surface area contributed by atoms with Crippen LogP contribution in [-0.4, -0.2) is 4.98 Å². The Morgan fingerprint density at radius 2 is 2.12 bits per heavy atom. The maximum atomic E-state index is 6.17. The number of nitrogens with zero attached hydrogens (tertiary/aromatic N) is 1. The van der Waals surface area contributed by atoms with Crippen molar-refractivity contribution in [2.24, 2.45) is 5.73 Å². The minimum absolute atomic E-state index is 0.0455. The minimum atomic E-state index is 0.0455. The van der Waals surface area contributed by atoms with Crippen molar-refractivity contribution in [3.63, 3.8) is 0 Å². The lowest BCUT2D eigenvalue weighted by Crippen LogP contribution is -2.13. The topological polar surface area (TPSA) is 38.9 Å². The van der Waals surface area contributed by atoms with Gasteiger partial charge in [0.2, 0.25) is 0 Å². The maximum Gasteiger partial charge on any atom is 0.0336 e.